The van der Waals surface area contributed by atoms with Crippen molar-refractivity contribution in [3.05, 3.63) is 34.2 Å². The van der Waals surface area contributed by atoms with E-state index in [9.17, 15) is 9.59 Å². The van der Waals surface area contributed by atoms with Crippen molar-refractivity contribution in [3.8, 4) is 0 Å². The van der Waals surface area contributed by atoms with Crippen LogP contribution in [0.1, 0.15) is 24.3 Å². The molecular formula is C17H21N3O4. The summed E-state index contributed by atoms with van der Waals surface area (Å²) in [5.74, 6) is 0.973. The van der Waals surface area contributed by atoms with Crippen molar-refractivity contribution in [1.29, 1.82) is 0 Å². The van der Waals surface area contributed by atoms with Gasteiger partial charge in [0, 0.05) is 13.7 Å². The Balaban J connectivity index is 1.34. The predicted octanol–water partition coefficient (Wildman–Crippen LogP) is 1.74. The van der Waals surface area contributed by atoms with E-state index >= 15 is 0 Å². The summed E-state index contributed by atoms with van der Waals surface area (Å²) in [5, 5.41) is 8.80. The number of aromatic nitrogens is 2. The van der Waals surface area contributed by atoms with Crippen LogP contribution in [-0.2, 0) is 11.8 Å². The fourth-order valence-corrected chi connectivity index (χ4v) is 3.76. The van der Waals surface area contributed by atoms with Gasteiger partial charge in [-0.3, -0.25) is 4.57 Å². The summed E-state index contributed by atoms with van der Waals surface area (Å²) < 4.78 is 7.48. The van der Waals surface area contributed by atoms with Gasteiger partial charge in [-0.2, -0.15) is 0 Å². The Morgan fingerprint density at radius 1 is 1.38 bits per heavy atom. The maximum Gasteiger partial charge on any atom is 0.407 e. The molecule has 1 aromatic heterocycles. The van der Waals surface area contributed by atoms with Gasteiger partial charge >= 0.3 is 11.8 Å². The molecule has 2 fully saturated rings. The fraction of sp³-hybridized carbons (Fsp3) is 0.529. The second-order valence-corrected chi connectivity index (χ2v) is 6.91. The van der Waals surface area contributed by atoms with Gasteiger partial charge in [-0.25, -0.2) is 9.59 Å². The third-order valence-corrected chi connectivity index (χ3v) is 5.31. The zero-order valence-corrected chi connectivity index (χ0v) is 13.6. The summed E-state index contributed by atoms with van der Waals surface area (Å²) in [7, 11) is 1.80. The molecule has 0 bridgehead atoms. The van der Waals surface area contributed by atoms with Crippen LogP contribution in [-0.4, -0.2) is 51.5 Å². The molecule has 7 heteroatoms. The number of benzene rings is 1. The number of carboxylic acid groups (broad SMARTS) is 1. The lowest BCUT2D eigenvalue weighted by molar-refractivity contribution is -0.0660. The topological polar surface area (TPSA) is 87.6 Å². The highest BCUT2D eigenvalue weighted by Crippen LogP contribution is 2.43. The van der Waals surface area contributed by atoms with Crippen molar-refractivity contribution in [2.45, 2.75) is 24.9 Å². The lowest BCUT2D eigenvalue weighted by atomic mass is 9.71. The second kappa shape index (κ2) is 5.66. The van der Waals surface area contributed by atoms with E-state index in [4.69, 9.17) is 9.84 Å². The Bertz CT molecular complexity index is 828. The second-order valence-electron chi connectivity index (χ2n) is 6.91. The molecule has 2 aliphatic rings. The Kier molecular flexibility index (Phi) is 3.60. The number of nitrogens with one attached hydrogen (secondary N) is 1. The van der Waals surface area contributed by atoms with E-state index in [0.717, 1.165) is 23.9 Å². The lowest BCUT2D eigenvalue weighted by Crippen LogP contribution is -2.54. The summed E-state index contributed by atoms with van der Waals surface area (Å²) in [6, 6.07) is 6.03. The van der Waals surface area contributed by atoms with Gasteiger partial charge in [-0.15, -0.1) is 0 Å². The molecule has 2 N–H and O–H groups in total. The average molecular weight is 331 g/mol. The van der Waals surface area contributed by atoms with Crippen molar-refractivity contribution in [2.75, 3.05) is 19.7 Å². The number of likely N-dealkylation sites (tertiary alicyclic amines) is 1. The highest BCUT2D eigenvalue weighted by Gasteiger charge is 2.35. The monoisotopic (exact) mass is 331 g/mol. The summed E-state index contributed by atoms with van der Waals surface area (Å²) >= 11 is 0. The van der Waals surface area contributed by atoms with E-state index < -0.39 is 6.09 Å². The zero-order valence-electron chi connectivity index (χ0n) is 13.6. The number of aryl methyl sites for hydroxylation is 1. The Morgan fingerprint density at radius 2 is 2.12 bits per heavy atom. The van der Waals surface area contributed by atoms with Crippen LogP contribution in [0.15, 0.2) is 23.0 Å². The molecule has 1 aliphatic heterocycles. The highest BCUT2D eigenvalue weighted by molar-refractivity contribution is 5.79. The first kappa shape index (κ1) is 15.3. The van der Waals surface area contributed by atoms with Crippen LogP contribution in [0.25, 0.3) is 11.0 Å². The van der Waals surface area contributed by atoms with Crippen LogP contribution in [0.3, 0.4) is 0 Å². The molecule has 1 aromatic carbocycles. The first-order chi connectivity index (χ1) is 11.5. The predicted molar refractivity (Wildman–Crippen MR) is 88.3 cm³/mol. The number of hydrogen-bond acceptors (Lipinski definition) is 3. The van der Waals surface area contributed by atoms with Crippen LogP contribution in [0.5, 0.6) is 0 Å². The largest absolute Gasteiger partial charge is 0.465 e. The molecule has 7 nitrogen and oxygen atoms in total. The van der Waals surface area contributed by atoms with Crippen molar-refractivity contribution >= 4 is 17.1 Å². The Morgan fingerprint density at radius 3 is 2.83 bits per heavy atom. The van der Waals surface area contributed by atoms with Gasteiger partial charge in [-0.05, 0) is 36.3 Å². The minimum absolute atomic E-state index is 0.0501. The van der Waals surface area contributed by atoms with Gasteiger partial charge in [-0.1, -0.05) is 12.1 Å². The molecular weight excluding hydrogens is 310 g/mol. The van der Waals surface area contributed by atoms with Crippen LogP contribution in [0.4, 0.5) is 4.79 Å². The molecule has 1 saturated heterocycles. The number of imidazole rings is 1. The number of fused-ring (bicyclic) bond motifs is 1. The minimum Gasteiger partial charge on any atom is -0.465 e. The number of nitrogens with zero attached hydrogens (tertiary/aromatic N) is 2. The Hall–Kier alpha value is -2.28. The van der Waals surface area contributed by atoms with Gasteiger partial charge in [0.15, 0.2) is 0 Å². The number of amides is 1. The number of H-pyrrole nitrogens is 1. The molecule has 1 amide bonds. The van der Waals surface area contributed by atoms with Crippen LogP contribution < -0.4 is 5.69 Å². The molecule has 24 heavy (non-hydrogen) atoms. The zero-order chi connectivity index (χ0) is 16.8. The van der Waals surface area contributed by atoms with Crippen molar-refractivity contribution in [2.24, 2.45) is 13.0 Å². The number of carbonyl (C=O) groups is 1. The molecule has 4 rings (SSSR count). The number of rotatable bonds is 4. The average Bonchev–Trinajstić information content (AvgIpc) is 2.74. The van der Waals surface area contributed by atoms with Crippen molar-refractivity contribution in [1.82, 2.24) is 14.5 Å². The van der Waals surface area contributed by atoms with Crippen LogP contribution in [0.2, 0.25) is 0 Å². The maximum atomic E-state index is 11.8. The highest BCUT2D eigenvalue weighted by atomic mass is 16.5. The van der Waals surface area contributed by atoms with E-state index in [2.05, 4.69) is 11.1 Å². The maximum absolute atomic E-state index is 11.8. The standard InChI is InChI=1S/C17H21N3O4/c1-19-15-13(3-2-4-14(15)18-16(19)21)11-5-10(6-11)9-24-12-7-20(8-12)17(22)23/h2-4,10-12H,5-9H2,1H3,(H,18,21)(H,22,23). The molecule has 0 unspecified atom stereocenters. The van der Waals surface area contributed by atoms with Crippen molar-refractivity contribution in [3.63, 3.8) is 0 Å². The van der Waals surface area contributed by atoms with Gasteiger partial charge in [0.25, 0.3) is 0 Å². The molecule has 0 radical (unpaired) electrons. The van der Waals surface area contributed by atoms with Gasteiger partial charge < -0.3 is 19.7 Å². The molecule has 0 atom stereocenters. The van der Waals surface area contributed by atoms with E-state index in [-0.39, 0.29) is 11.8 Å². The first-order valence-electron chi connectivity index (χ1n) is 8.30. The molecule has 1 aliphatic carbocycles. The van der Waals surface area contributed by atoms with E-state index in [0.29, 0.717) is 31.5 Å². The van der Waals surface area contributed by atoms with Gasteiger partial charge in [0.1, 0.15) is 0 Å². The molecule has 2 heterocycles. The summed E-state index contributed by atoms with van der Waals surface area (Å²) in [6.07, 6.45) is 1.28. The fourth-order valence-electron chi connectivity index (χ4n) is 3.76. The van der Waals surface area contributed by atoms with E-state index in [1.165, 1.54) is 10.5 Å². The third-order valence-electron chi connectivity index (χ3n) is 5.31. The number of aromatic amines is 1. The molecule has 1 saturated carbocycles. The third kappa shape index (κ3) is 2.49. The summed E-state index contributed by atoms with van der Waals surface area (Å²) in [5.41, 5.74) is 3.04. The van der Waals surface area contributed by atoms with Crippen LogP contribution in [0, 0.1) is 5.92 Å². The smallest absolute Gasteiger partial charge is 0.407 e. The number of para-hydroxylation sites is 1. The van der Waals surface area contributed by atoms with E-state index in [1.54, 1.807) is 11.6 Å². The van der Waals surface area contributed by atoms with E-state index in [1.807, 2.05) is 12.1 Å². The quantitative estimate of drug-likeness (QED) is 0.893. The summed E-state index contributed by atoms with van der Waals surface area (Å²) in [6.45, 7) is 1.66. The number of hydrogen-bond donors (Lipinski definition) is 2. The van der Waals surface area contributed by atoms with Crippen LogP contribution >= 0.6 is 0 Å². The van der Waals surface area contributed by atoms with Gasteiger partial charge in [0.2, 0.25) is 0 Å². The minimum atomic E-state index is -0.872. The number of ether oxygens (including phenoxy) is 1. The molecule has 2 aromatic rings. The molecule has 128 valence electrons. The molecule has 0 spiro atoms. The normalized spacial score (nSPS) is 24.0. The Labute approximate surface area is 138 Å². The SMILES string of the molecule is Cn1c(=O)[nH]c2cccc(C3CC(COC4CN(C(=O)O)C4)C3)c21. The first-order valence-corrected chi connectivity index (χ1v) is 8.30. The lowest BCUT2D eigenvalue weighted by Gasteiger charge is -2.40. The summed E-state index contributed by atoms with van der Waals surface area (Å²) in [4.78, 5) is 26.8. The van der Waals surface area contributed by atoms with Crippen molar-refractivity contribution < 1.29 is 14.6 Å². The van der Waals surface area contributed by atoms with Gasteiger partial charge in [0.05, 0.1) is 30.2 Å².